The normalized spacial score (nSPS) is 13.8. The molecule has 0 bridgehead atoms. The number of fused-ring (bicyclic) bond motifs is 1. The highest BCUT2D eigenvalue weighted by molar-refractivity contribution is 6.00. The molecule has 2 N–H and O–H groups in total. The highest BCUT2D eigenvalue weighted by Gasteiger charge is 2.22. The van der Waals surface area contributed by atoms with Crippen molar-refractivity contribution in [3.8, 4) is 11.5 Å². The first-order chi connectivity index (χ1) is 15.6. The van der Waals surface area contributed by atoms with E-state index in [1.807, 2.05) is 6.07 Å². The molecular weight excluding hydrogens is 416 g/mol. The monoisotopic (exact) mass is 435 g/mol. The van der Waals surface area contributed by atoms with Gasteiger partial charge >= 0.3 is 0 Å². The van der Waals surface area contributed by atoms with Gasteiger partial charge in [-0.05, 0) is 49.6 Å². The van der Waals surface area contributed by atoms with Gasteiger partial charge in [0.1, 0.15) is 16.9 Å². The molecule has 1 fully saturated rings. The van der Waals surface area contributed by atoms with Crippen molar-refractivity contribution < 1.29 is 13.6 Å². The van der Waals surface area contributed by atoms with E-state index in [0.29, 0.717) is 22.6 Å². The van der Waals surface area contributed by atoms with Crippen LogP contribution in [0.3, 0.4) is 0 Å². The predicted octanol–water partition coefficient (Wildman–Crippen LogP) is 4.15. The molecule has 0 aromatic carbocycles. The van der Waals surface area contributed by atoms with Gasteiger partial charge in [-0.3, -0.25) is 9.78 Å². The summed E-state index contributed by atoms with van der Waals surface area (Å²) in [5.41, 5.74) is 1.44. The van der Waals surface area contributed by atoms with Gasteiger partial charge in [0.15, 0.2) is 5.82 Å². The molecule has 0 aliphatic heterocycles. The predicted molar refractivity (Wildman–Crippen MR) is 114 cm³/mol. The summed E-state index contributed by atoms with van der Waals surface area (Å²) in [6.45, 7) is 0. The summed E-state index contributed by atoms with van der Waals surface area (Å²) in [7, 11) is 0. The first kappa shape index (κ1) is 20.0. The van der Waals surface area contributed by atoms with Crippen molar-refractivity contribution in [2.75, 3.05) is 5.32 Å². The van der Waals surface area contributed by atoms with Crippen molar-refractivity contribution in [2.24, 2.45) is 0 Å². The molecule has 1 aliphatic rings. The van der Waals surface area contributed by atoms with Gasteiger partial charge in [0.25, 0.3) is 12.3 Å². The number of nitrogens with one attached hydrogen (secondary N) is 2. The third kappa shape index (κ3) is 3.86. The quantitative estimate of drug-likeness (QED) is 0.472. The molecule has 0 radical (unpaired) electrons. The van der Waals surface area contributed by atoms with E-state index >= 15 is 0 Å². The zero-order chi connectivity index (χ0) is 22.1. The molecule has 0 atom stereocenters. The fraction of sp³-hybridized carbons (Fsp3) is 0.227. The summed E-state index contributed by atoms with van der Waals surface area (Å²) in [6, 6.07) is 9.80. The van der Waals surface area contributed by atoms with Gasteiger partial charge in [0.2, 0.25) is 5.82 Å². The lowest BCUT2D eigenvalue weighted by Crippen LogP contribution is -2.39. The minimum absolute atomic E-state index is 0.174. The van der Waals surface area contributed by atoms with Crippen LogP contribution >= 0.6 is 0 Å². The van der Waals surface area contributed by atoms with Crippen molar-refractivity contribution in [3.63, 3.8) is 0 Å². The van der Waals surface area contributed by atoms with Gasteiger partial charge in [-0.15, -0.1) is 5.10 Å². The van der Waals surface area contributed by atoms with Crippen molar-refractivity contribution in [1.29, 1.82) is 0 Å². The van der Waals surface area contributed by atoms with Crippen molar-refractivity contribution in [3.05, 3.63) is 66.2 Å². The number of amides is 1. The fourth-order valence-electron chi connectivity index (χ4n) is 3.46. The standard InChI is InChI=1S/C22H19F2N7O/c23-19(24)16-6-2-7-17(27-16)20-29-21(18-8-3-11-31(18)30-20)28-15-9-10-25-12-14(15)22(32)26-13-4-1-5-13/h2-3,6-13,19H,1,4-5H2,(H,26,32)(H,25,28,29,30). The van der Waals surface area contributed by atoms with Crippen molar-refractivity contribution in [2.45, 2.75) is 31.7 Å². The maximum absolute atomic E-state index is 13.1. The summed E-state index contributed by atoms with van der Waals surface area (Å²) in [4.78, 5) is 25.3. The van der Waals surface area contributed by atoms with E-state index in [0.717, 1.165) is 19.3 Å². The molecule has 32 heavy (non-hydrogen) atoms. The number of alkyl halides is 2. The summed E-state index contributed by atoms with van der Waals surface area (Å²) in [5, 5.41) is 10.6. The largest absolute Gasteiger partial charge is 0.349 e. The average molecular weight is 435 g/mol. The lowest BCUT2D eigenvalue weighted by Gasteiger charge is -2.26. The molecule has 4 aromatic rings. The Balaban J connectivity index is 1.52. The van der Waals surface area contributed by atoms with Crippen molar-refractivity contribution >= 4 is 22.9 Å². The van der Waals surface area contributed by atoms with E-state index in [1.165, 1.54) is 18.3 Å². The SMILES string of the molecule is O=C(NC1CCC1)c1cnccc1Nc1nc(-c2cccc(C(F)F)n2)nn2cccc12. The van der Waals surface area contributed by atoms with Crippen LogP contribution in [0.1, 0.15) is 41.7 Å². The lowest BCUT2D eigenvalue weighted by molar-refractivity contribution is 0.0917. The number of halogens is 2. The summed E-state index contributed by atoms with van der Waals surface area (Å²) in [6.07, 6.45) is 5.16. The van der Waals surface area contributed by atoms with Crippen LogP contribution in [0, 0.1) is 0 Å². The van der Waals surface area contributed by atoms with Crippen LogP contribution in [0.15, 0.2) is 55.0 Å². The van der Waals surface area contributed by atoms with Crippen LogP contribution in [-0.4, -0.2) is 36.5 Å². The number of nitrogens with zero attached hydrogens (tertiary/aromatic N) is 5. The van der Waals surface area contributed by atoms with E-state index in [1.54, 1.807) is 35.1 Å². The molecule has 10 heteroatoms. The Bertz CT molecular complexity index is 1290. The number of hydrogen-bond donors (Lipinski definition) is 2. The molecule has 5 rings (SSSR count). The van der Waals surface area contributed by atoms with Gasteiger partial charge < -0.3 is 10.6 Å². The van der Waals surface area contributed by atoms with Crippen LogP contribution in [0.5, 0.6) is 0 Å². The van der Waals surface area contributed by atoms with E-state index in [-0.39, 0.29) is 29.2 Å². The van der Waals surface area contributed by atoms with Gasteiger partial charge in [0, 0.05) is 24.6 Å². The first-order valence-electron chi connectivity index (χ1n) is 10.2. The van der Waals surface area contributed by atoms with Crippen LogP contribution in [0.4, 0.5) is 20.3 Å². The molecule has 1 aliphatic carbocycles. The summed E-state index contributed by atoms with van der Waals surface area (Å²) in [5.74, 6) is 0.374. The molecular formula is C22H19F2N7O. The summed E-state index contributed by atoms with van der Waals surface area (Å²) >= 11 is 0. The van der Waals surface area contributed by atoms with E-state index in [2.05, 4.69) is 30.7 Å². The van der Waals surface area contributed by atoms with Gasteiger partial charge in [-0.2, -0.15) is 0 Å². The van der Waals surface area contributed by atoms with Crippen LogP contribution in [-0.2, 0) is 0 Å². The number of pyridine rings is 2. The zero-order valence-corrected chi connectivity index (χ0v) is 16.9. The second-order valence-electron chi connectivity index (χ2n) is 7.52. The average Bonchev–Trinajstić information content (AvgIpc) is 3.25. The number of rotatable bonds is 6. The second kappa shape index (κ2) is 8.29. The van der Waals surface area contributed by atoms with Gasteiger partial charge in [-0.25, -0.2) is 23.3 Å². The molecule has 0 unspecified atom stereocenters. The smallest absolute Gasteiger partial charge is 0.280 e. The number of hydrogen-bond acceptors (Lipinski definition) is 6. The van der Waals surface area contributed by atoms with E-state index in [4.69, 9.17) is 0 Å². The maximum atomic E-state index is 13.1. The summed E-state index contributed by atoms with van der Waals surface area (Å²) < 4.78 is 27.8. The van der Waals surface area contributed by atoms with Crippen LogP contribution in [0.2, 0.25) is 0 Å². The number of carbonyl (C=O) groups is 1. The third-order valence-corrected chi connectivity index (χ3v) is 5.37. The molecule has 4 aromatic heterocycles. The Hall–Kier alpha value is -3.95. The molecule has 162 valence electrons. The zero-order valence-electron chi connectivity index (χ0n) is 16.9. The molecule has 0 spiro atoms. The Morgan fingerprint density at radius 1 is 1.12 bits per heavy atom. The fourth-order valence-corrected chi connectivity index (χ4v) is 3.46. The van der Waals surface area contributed by atoms with E-state index in [9.17, 15) is 13.6 Å². The highest BCUT2D eigenvalue weighted by atomic mass is 19.3. The molecule has 4 heterocycles. The lowest BCUT2D eigenvalue weighted by atomic mass is 9.93. The number of aromatic nitrogens is 5. The van der Waals surface area contributed by atoms with Crippen LogP contribution < -0.4 is 10.6 Å². The minimum atomic E-state index is -2.70. The Morgan fingerprint density at radius 2 is 2.00 bits per heavy atom. The van der Waals surface area contributed by atoms with Gasteiger partial charge in [0.05, 0.1) is 11.3 Å². The second-order valence-corrected chi connectivity index (χ2v) is 7.52. The number of carbonyl (C=O) groups excluding carboxylic acids is 1. The first-order valence-corrected chi connectivity index (χ1v) is 10.2. The topological polar surface area (TPSA) is 97.1 Å². The Kier molecular flexibility index (Phi) is 5.18. The highest BCUT2D eigenvalue weighted by Crippen LogP contribution is 2.27. The van der Waals surface area contributed by atoms with Crippen molar-refractivity contribution in [1.82, 2.24) is 29.9 Å². The van der Waals surface area contributed by atoms with Gasteiger partial charge in [-0.1, -0.05) is 6.07 Å². The van der Waals surface area contributed by atoms with E-state index < -0.39 is 6.43 Å². The minimum Gasteiger partial charge on any atom is -0.349 e. The third-order valence-electron chi connectivity index (χ3n) is 5.37. The molecule has 1 saturated carbocycles. The van der Waals surface area contributed by atoms with Crippen LogP contribution in [0.25, 0.3) is 17.0 Å². The number of anilines is 2. The molecule has 8 nitrogen and oxygen atoms in total. The Labute approximate surface area is 181 Å². The molecule has 0 saturated heterocycles. The molecule has 1 amide bonds. The maximum Gasteiger partial charge on any atom is 0.280 e. The Morgan fingerprint density at radius 3 is 2.78 bits per heavy atom.